The summed E-state index contributed by atoms with van der Waals surface area (Å²) in [5, 5.41) is 4.85. The maximum absolute atomic E-state index is 6.18. The zero-order chi connectivity index (χ0) is 12.3. The predicted molar refractivity (Wildman–Crippen MR) is 80.1 cm³/mol. The Morgan fingerprint density at radius 2 is 2.24 bits per heavy atom. The number of nitrogens with one attached hydrogen (secondary N) is 1. The van der Waals surface area contributed by atoms with Gasteiger partial charge in [-0.05, 0) is 41.1 Å². The summed E-state index contributed by atoms with van der Waals surface area (Å²) in [6, 6.07) is 2.37. The molecular formula is C12H16BrClN2S. The highest BCUT2D eigenvalue weighted by Crippen LogP contribution is 2.31. The van der Waals surface area contributed by atoms with Crippen LogP contribution in [0.25, 0.3) is 0 Å². The number of pyridine rings is 1. The molecule has 1 aromatic heterocycles. The number of nitrogens with zero attached hydrogens (tertiary/aromatic N) is 1. The minimum Gasteiger partial charge on any atom is -0.365 e. The highest BCUT2D eigenvalue weighted by Gasteiger charge is 2.24. The van der Waals surface area contributed by atoms with Crippen molar-refractivity contribution in [1.29, 1.82) is 0 Å². The van der Waals surface area contributed by atoms with Gasteiger partial charge in [-0.25, -0.2) is 4.98 Å². The third-order valence-corrected chi connectivity index (χ3v) is 5.03. The van der Waals surface area contributed by atoms with Crippen molar-refractivity contribution in [1.82, 2.24) is 4.98 Å². The number of halogens is 2. The van der Waals surface area contributed by atoms with Gasteiger partial charge in [0.25, 0.3) is 0 Å². The highest BCUT2D eigenvalue weighted by molar-refractivity contribution is 9.10. The maximum Gasteiger partial charge on any atom is 0.145 e. The Morgan fingerprint density at radius 3 is 2.94 bits per heavy atom. The second-order valence-corrected chi connectivity index (χ2v) is 6.69. The molecule has 2 rings (SSSR count). The molecule has 0 aliphatic heterocycles. The molecule has 2 atom stereocenters. The van der Waals surface area contributed by atoms with Crippen LogP contribution in [0.5, 0.6) is 0 Å². The van der Waals surface area contributed by atoms with Gasteiger partial charge >= 0.3 is 0 Å². The SMILES string of the molecule is CSC1CCCCC1Nc1ncc(Br)cc1Cl. The number of anilines is 1. The molecule has 0 radical (unpaired) electrons. The fraction of sp³-hybridized carbons (Fsp3) is 0.583. The third-order valence-electron chi connectivity index (χ3n) is 3.14. The lowest BCUT2D eigenvalue weighted by atomic mass is 9.95. The number of aromatic nitrogens is 1. The smallest absolute Gasteiger partial charge is 0.145 e. The lowest BCUT2D eigenvalue weighted by molar-refractivity contribution is 0.474. The lowest BCUT2D eigenvalue weighted by Crippen LogP contribution is -2.34. The van der Waals surface area contributed by atoms with Crippen molar-refractivity contribution >= 4 is 45.1 Å². The van der Waals surface area contributed by atoms with E-state index in [1.54, 1.807) is 6.20 Å². The lowest BCUT2D eigenvalue weighted by Gasteiger charge is -2.31. The van der Waals surface area contributed by atoms with E-state index in [-0.39, 0.29) is 0 Å². The molecule has 0 spiro atoms. The fourth-order valence-corrected chi connectivity index (χ4v) is 3.86. The Bertz CT molecular complexity index is 389. The van der Waals surface area contributed by atoms with Gasteiger partial charge in [0.2, 0.25) is 0 Å². The summed E-state index contributed by atoms with van der Waals surface area (Å²) in [7, 11) is 0. The molecule has 1 saturated carbocycles. The van der Waals surface area contributed by atoms with E-state index in [0.29, 0.717) is 16.3 Å². The molecule has 2 unspecified atom stereocenters. The molecule has 0 bridgehead atoms. The van der Waals surface area contributed by atoms with Gasteiger partial charge in [0.15, 0.2) is 0 Å². The van der Waals surface area contributed by atoms with Gasteiger partial charge in [0.1, 0.15) is 5.82 Å². The van der Waals surface area contributed by atoms with Crippen LogP contribution in [0, 0.1) is 0 Å². The molecule has 1 aliphatic carbocycles. The van der Waals surface area contributed by atoms with E-state index in [0.717, 1.165) is 10.3 Å². The van der Waals surface area contributed by atoms with Crippen molar-refractivity contribution in [3.63, 3.8) is 0 Å². The molecule has 1 N–H and O–H groups in total. The number of thioether (sulfide) groups is 1. The zero-order valence-corrected chi connectivity index (χ0v) is 12.9. The fourth-order valence-electron chi connectivity index (χ4n) is 2.24. The third kappa shape index (κ3) is 3.52. The highest BCUT2D eigenvalue weighted by atomic mass is 79.9. The minimum atomic E-state index is 0.491. The monoisotopic (exact) mass is 334 g/mol. The number of hydrogen-bond acceptors (Lipinski definition) is 3. The molecule has 0 aromatic carbocycles. The maximum atomic E-state index is 6.18. The van der Waals surface area contributed by atoms with Gasteiger partial charge in [-0.15, -0.1) is 0 Å². The number of hydrogen-bond donors (Lipinski definition) is 1. The average Bonchev–Trinajstić information content (AvgIpc) is 2.33. The van der Waals surface area contributed by atoms with E-state index in [9.17, 15) is 0 Å². The summed E-state index contributed by atoms with van der Waals surface area (Å²) in [6.45, 7) is 0. The van der Waals surface area contributed by atoms with Crippen LogP contribution in [0.15, 0.2) is 16.7 Å². The first kappa shape index (κ1) is 13.5. The van der Waals surface area contributed by atoms with Crippen LogP contribution in [0.4, 0.5) is 5.82 Å². The first-order valence-corrected chi connectivity index (χ1v) is 8.27. The van der Waals surface area contributed by atoms with E-state index in [1.165, 1.54) is 25.7 Å². The molecule has 0 saturated heterocycles. The first-order chi connectivity index (χ1) is 8.20. The average molecular weight is 336 g/mol. The molecule has 1 fully saturated rings. The van der Waals surface area contributed by atoms with E-state index in [4.69, 9.17) is 11.6 Å². The number of rotatable bonds is 3. The van der Waals surface area contributed by atoms with Crippen molar-refractivity contribution in [2.75, 3.05) is 11.6 Å². The van der Waals surface area contributed by atoms with Gasteiger partial charge in [-0.2, -0.15) is 11.8 Å². The topological polar surface area (TPSA) is 24.9 Å². The van der Waals surface area contributed by atoms with Crippen molar-refractivity contribution < 1.29 is 0 Å². The zero-order valence-electron chi connectivity index (χ0n) is 9.75. The molecule has 1 heterocycles. The second-order valence-electron chi connectivity index (χ2n) is 4.29. The van der Waals surface area contributed by atoms with Crippen molar-refractivity contribution in [3.8, 4) is 0 Å². The van der Waals surface area contributed by atoms with E-state index >= 15 is 0 Å². The standard InChI is InChI=1S/C12H16BrClN2S/c1-17-11-5-3-2-4-10(11)16-12-9(14)6-8(13)7-15-12/h6-7,10-11H,2-5H2,1H3,(H,15,16). The summed E-state index contributed by atoms with van der Waals surface area (Å²) in [5.41, 5.74) is 0. The Labute approximate surface area is 120 Å². The second kappa shape index (κ2) is 6.30. The van der Waals surface area contributed by atoms with Crippen molar-refractivity contribution in [2.45, 2.75) is 37.0 Å². The van der Waals surface area contributed by atoms with Gasteiger partial charge in [-0.3, -0.25) is 0 Å². The molecule has 17 heavy (non-hydrogen) atoms. The van der Waals surface area contributed by atoms with Crippen LogP contribution >= 0.6 is 39.3 Å². The van der Waals surface area contributed by atoms with Gasteiger partial charge < -0.3 is 5.32 Å². The summed E-state index contributed by atoms with van der Waals surface area (Å²) in [5.74, 6) is 0.806. The Kier molecular flexibility index (Phi) is 5.00. The Hall–Kier alpha value is 0.0700. The summed E-state index contributed by atoms with van der Waals surface area (Å²) in [6.07, 6.45) is 9.09. The molecule has 2 nitrogen and oxygen atoms in total. The summed E-state index contributed by atoms with van der Waals surface area (Å²) >= 11 is 11.5. The first-order valence-electron chi connectivity index (χ1n) is 5.81. The summed E-state index contributed by atoms with van der Waals surface area (Å²) in [4.78, 5) is 4.34. The molecule has 1 aromatic rings. The molecule has 0 amide bonds. The molecule has 94 valence electrons. The van der Waals surface area contributed by atoms with Crippen molar-refractivity contribution in [3.05, 3.63) is 21.8 Å². The van der Waals surface area contributed by atoms with Crippen LogP contribution in [-0.4, -0.2) is 22.5 Å². The molecule has 5 heteroatoms. The summed E-state index contributed by atoms with van der Waals surface area (Å²) < 4.78 is 0.915. The van der Waals surface area contributed by atoms with E-state index in [2.05, 4.69) is 32.5 Å². The van der Waals surface area contributed by atoms with Crippen LogP contribution in [0.1, 0.15) is 25.7 Å². The predicted octanol–water partition coefficient (Wildman–Crippen LogP) is 4.58. The van der Waals surface area contributed by atoms with Crippen LogP contribution in [-0.2, 0) is 0 Å². The Morgan fingerprint density at radius 1 is 1.47 bits per heavy atom. The van der Waals surface area contributed by atoms with E-state index in [1.807, 2.05) is 17.8 Å². The molecular weight excluding hydrogens is 320 g/mol. The quantitative estimate of drug-likeness (QED) is 0.875. The van der Waals surface area contributed by atoms with Crippen molar-refractivity contribution in [2.24, 2.45) is 0 Å². The normalized spacial score (nSPS) is 24.6. The van der Waals surface area contributed by atoms with Gasteiger partial charge in [0.05, 0.1) is 5.02 Å². The van der Waals surface area contributed by atoms with Crippen LogP contribution in [0.2, 0.25) is 5.02 Å². The molecule has 1 aliphatic rings. The van der Waals surface area contributed by atoms with Crippen LogP contribution < -0.4 is 5.32 Å². The van der Waals surface area contributed by atoms with Gasteiger partial charge in [0, 0.05) is 22.0 Å². The minimum absolute atomic E-state index is 0.491. The van der Waals surface area contributed by atoms with E-state index < -0.39 is 0 Å². The van der Waals surface area contributed by atoms with Crippen LogP contribution in [0.3, 0.4) is 0 Å². The largest absolute Gasteiger partial charge is 0.365 e. The van der Waals surface area contributed by atoms with Gasteiger partial charge in [-0.1, -0.05) is 24.4 Å². The Balaban J connectivity index is 2.08.